The molecule has 3 rings (SSSR count). The molecule has 0 unspecified atom stereocenters. The van der Waals surface area contributed by atoms with Crippen LogP contribution in [0.15, 0.2) is 71.8 Å². The Labute approximate surface area is 167 Å². The van der Waals surface area contributed by atoms with Crippen molar-refractivity contribution in [3.63, 3.8) is 0 Å². The third-order valence-electron chi connectivity index (χ3n) is 4.10. The van der Waals surface area contributed by atoms with Crippen LogP contribution in [-0.4, -0.2) is 24.4 Å². The molecule has 1 fully saturated rings. The molecule has 2 N–H and O–H groups in total. The molecule has 0 aliphatic carbocycles. The van der Waals surface area contributed by atoms with E-state index in [9.17, 15) is 9.59 Å². The van der Waals surface area contributed by atoms with Crippen LogP contribution < -0.4 is 10.6 Å². The molecule has 0 radical (unpaired) electrons. The Hall–Kier alpha value is -2.44. The number of hydrogen-bond donors (Lipinski definition) is 2. The maximum Gasteiger partial charge on any atom is 0.319 e. The molecule has 1 saturated heterocycles. The fourth-order valence-electron chi connectivity index (χ4n) is 2.86. The average Bonchev–Trinajstić information content (AvgIpc) is 2.65. The Morgan fingerprint density at radius 3 is 2.59 bits per heavy atom. The number of thioether (sulfide) groups is 1. The van der Waals surface area contributed by atoms with Crippen LogP contribution >= 0.6 is 23.4 Å². The van der Waals surface area contributed by atoms with Crippen LogP contribution in [-0.2, 0) is 9.53 Å². The quantitative estimate of drug-likeness (QED) is 0.432. The normalized spacial score (nSPS) is 19.1. The van der Waals surface area contributed by atoms with E-state index >= 15 is 0 Å². The van der Waals surface area contributed by atoms with Crippen LogP contribution in [0.5, 0.6) is 0 Å². The van der Waals surface area contributed by atoms with E-state index in [1.165, 1.54) is 0 Å². The summed E-state index contributed by atoms with van der Waals surface area (Å²) in [5.74, 6) is -0.582. The first kappa shape index (κ1) is 19.3. The van der Waals surface area contributed by atoms with Crippen molar-refractivity contribution in [2.24, 2.45) is 5.92 Å². The summed E-state index contributed by atoms with van der Waals surface area (Å²) in [5.41, 5.74) is 0.945. The minimum atomic E-state index is -0.760. The van der Waals surface area contributed by atoms with Gasteiger partial charge in [0, 0.05) is 21.4 Å². The van der Waals surface area contributed by atoms with E-state index in [1.807, 2.05) is 30.3 Å². The van der Waals surface area contributed by atoms with Gasteiger partial charge < -0.3 is 15.4 Å². The number of hydrogen-bond acceptors (Lipinski definition) is 4. The van der Waals surface area contributed by atoms with Crippen molar-refractivity contribution in [2.75, 3.05) is 12.4 Å². The van der Waals surface area contributed by atoms with E-state index in [1.54, 1.807) is 36.0 Å². The lowest BCUT2D eigenvalue weighted by Gasteiger charge is -2.33. The first-order valence-corrected chi connectivity index (χ1v) is 9.78. The Morgan fingerprint density at radius 1 is 1.15 bits per heavy atom. The molecule has 0 aromatic heterocycles. The van der Waals surface area contributed by atoms with Crippen molar-refractivity contribution in [1.82, 2.24) is 10.6 Å². The van der Waals surface area contributed by atoms with Crippen LogP contribution in [0.4, 0.5) is 4.79 Å². The number of carbonyl (C=O) groups excluding carboxylic acids is 2. The van der Waals surface area contributed by atoms with Gasteiger partial charge in [-0.1, -0.05) is 54.6 Å². The molecule has 1 heterocycles. The van der Waals surface area contributed by atoms with E-state index in [4.69, 9.17) is 16.3 Å². The largest absolute Gasteiger partial charge is 0.464 e. The number of rotatable bonds is 6. The minimum absolute atomic E-state index is 0.255. The molecule has 2 amide bonds. The Kier molecular flexibility index (Phi) is 6.42. The summed E-state index contributed by atoms with van der Waals surface area (Å²) in [5, 5.41) is 5.77. The van der Waals surface area contributed by atoms with Gasteiger partial charge in [0.05, 0.1) is 6.04 Å². The molecule has 2 aromatic carbocycles. The molecular weight excluding hydrogens is 384 g/mol. The zero-order valence-corrected chi connectivity index (χ0v) is 16.1. The second-order valence-corrected chi connectivity index (χ2v) is 7.51. The van der Waals surface area contributed by atoms with Gasteiger partial charge in [0.1, 0.15) is 12.5 Å². The van der Waals surface area contributed by atoms with E-state index in [0.717, 1.165) is 4.90 Å². The number of nitrogens with one attached hydrogen (secondary N) is 2. The number of esters is 1. The van der Waals surface area contributed by atoms with Crippen LogP contribution in [0.25, 0.3) is 0 Å². The molecule has 0 bridgehead atoms. The summed E-state index contributed by atoms with van der Waals surface area (Å²) in [4.78, 5) is 25.7. The zero-order valence-electron chi connectivity index (χ0n) is 14.5. The topological polar surface area (TPSA) is 67.4 Å². The van der Waals surface area contributed by atoms with Gasteiger partial charge in [0.25, 0.3) is 0 Å². The molecule has 0 saturated carbocycles. The summed E-state index contributed by atoms with van der Waals surface area (Å²) in [6, 6.07) is 15.9. The third-order valence-corrected chi connectivity index (χ3v) is 5.42. The minimum Gasteiger partial charge on any atom is -0.464 e. The first-order valence-electron chi connectivity index (χ1n) is 8.41. The summed E-state index contributed by atoms with van der Waals surface area (Å²) >= 11 is 7.86. The molecule has 0 spiro atoms. The van der Waals surface area contributed by atoms with Crippen LogP contribution in [0.2, 0.25) is 5.02 Å². The second kappa shape index (κ2) is 8.97. The lowest BCUT2D eigenvalue weighted by Crippen LogP contribution is -2.51. The highest BCUT2D eigenvalue weighted by molar-refractivity contribution is 7.99. The Bertz CT molecular complexity index is 844. The molecule has 5 nitrogen and oxygen atoms in total. The van der Waals surface area contributed by atoms with Crippen molar-refractivity contribution < 1.29 is 14.3 Å². The summed E-state index contributed by atoms with van der Waals surface area (Å²) in [6.45, 7) is 4.08. The van der Waals surface area contributed by atoms with Crippen molar-refractivity contribution in [1.29, 1.82) is 0 Å². The second-order valence-electron chi connectivity index (χ2n) is 5.93. The van der Waals surface area contributed by atoms with Crippen LogP contribution in [0.3, 0.4) is 0 Å². The van der Waals surface area contributed by atoms with Crippen molar-refractivity contribution in [2.45, 2.75) is 10.9 Å². The number of amides is 2. The standard InChI is InChI=1S/C20H19ClN2O3S/c1-13-17(19(24)26-11-12-27-14-7-3-2-4-8-14)18(23-20(25)22-13)15-9-5-6-10-16(15)21/h2-10,17-18H,1,11-12H2,(H2,22,23,25)/t17-,18-/m1/s1. The predicted molar refractivity (Wildman–Crippen MR) is 107 cm³/mol. The average molecular weight is 403 g/mol. The SMILES string of the molecule is C=C1NC(=O)N[C@H](c2ccccc2Cl)[C@@H]1C(=O)OCCSc1ccccc1. The molecule has 2 atom stereocenters. The van der Waals surface area contributed by atoms with Gasteiger partial charge in [-0.05, 0) is 23.8 Å². The molecule has 2 aromatic rings. The number of ether oxygens (including phenoxy) is 1. The summed E-state index contributed by atoms with van der Waals surface area (Å²) < 4.78 is 5.45. The highest BCUT2D eigenvalue weighted by Crippen LogP contribution is 2.34. The molecular formula is C20H19ClN2O3S. The van der Waals surface area contributed by atoms with Gasteiger partial charge in [-0.15, -0.1) is 11.8 Å². The number of halogens is 1. The monoisotopic (exact) mass is 402 g/mol. The molecule has 7 heteroatoms. The number of benzene rings is 2. The van der Waals surface area contributed by atoms with Gasteiger partial charge in [-0.25, -0.2) is 4.79 Å². The number of urea groups is 1. The molecule has 140 valence electrons. The van der Waals surface area contributed by atoms with E-state index < -0.39 is 24.0 Å². The maximum atomic E-state index is 12.7. The lowest BCUT2D eigenvalue weighted by atomic mass is 9.89. The predicted octanol–water partition coefficient (Wildman–Crippen LogP) is 4.16. The van der Waals surface area contributed by atoms with Gasteiger partial charge in [0.15, 0.2) is 0 Å². The zero-order chi connectivity index (χ0) is 19.2. The van der Waals surface area contributed by atoms with Crippen LogP contribution in [0.1, 0.15) is 11.6 Å². The van der Waals surface area contributed by atoms with E-state index in [-0.39, 0.29) is 6.61 Å². The Balaban J connectivity index is 1.66. The van der Waals surface area contributed by atoms with E-state index in [0.29, 0.717) is 22.0 Å². The third kappa shape index (κ3) is 4.84. The lowest BCUT2D eigenvalue weighted by molar-refractivity contribution is -0.147. The van der Waals surface area contributed by atoms with Crippen molar-refractivity contribution in [3.05, 3.63) is 77.5 Å². The molecule has 1 aliphatic heterocycles. The van der Waals surface area contributed by atoms with Crippen molar-refractivity contribution >= 4 is 35.4 Å². The fourth-order valence-corrected chi connectivity index (χ4v) is 3.86. The highest BCUT2D eigenvalue weighted by atomic mass is 35.5. The smallest absolute Gasteiger partial charge is 0.319 e. The first-order chi connectivity index (χ1) is 13.1. The molecule has 27 heavy (non-hydrogen) atoms. The number of carbonyl (C=O) groups is 2. The summed E-state index contributed by atoms with van der Waals surface area (Å²) in [6.07, 6.45) is 0. The van der Waals surface area contributed by atoms with Crippen LogP contribution in [0, 0.1) is 5.92 Å². The van der Waals surface area contributed by atoms with Gasteiger partial charge in [-0.3, -0.25) is 4.79 Å². The highest BCUT2D eigenvalue weighted by Gasteiger charge is 2.39. The Morgan fingerprint density at radius 2 is 1.85 bits per heavy atom. The molecule has 1 aliphatic rings. The maximum absolute atomic E-state index is 12.7. The van der Waals surface area contributed by atoms with Gasteiger partial charge in [0.2, 0.25) is 0 Å². The van der Waals surface area contributed by atoms with Gasteiger partial charge in [-0.2, -0.15) is 0 Å². The summed E-state index contributed by atoms with van der Waals surface area (Å²) in [7, 11) is 0. The van der Waals surface area contributed by atoms with Crippen molar-refractivity contribution in [3.8, 4) is 0 Å². The van der Waals surface area contributed by atoms with E-state index in [2.05, 4.69) is 17.2 Å². The fraction of sp³-hybridized carbons (Fsp3) is 0.200. The van der Waals surface area contributed by atoms with Gasteiger partial charge >= 0.3 is 12.0 Å².